The van der Waals surface area contributed by atoms with Gasteiger partial charge in [0.15, 0.2) is 0 Å². The van der Waals surface area contributed by atoms with Gasteiger partial charge in [0.05, 0.1) is 0 Å². The Balaban J connectivity index is 3.15. The maximum atomic E-state index is 3.77. The highest BCUT2D eigenvalue weighted by Gasteiger charge is 1.76. The molecule has 9 heavy (non-hydrogen) atoms. The molecule has 0 radical (unpaired) electrons. The van der Waals surface area contributed by atoms with E-state index in [1.165, 1.54) is 19.3 Å². The summed E-state index contributed by atoms with van der Waals surface area (Å²) >= 11 is 0. The van der Waals surface area contributed by atoms with Crippen molar-refractivity contribution in [2.75, 3.05) is 0 Å². The van der Waals surface area contributed by atoms with Crippen molar-refractivity contribution in [3.8, 4) is 0 Å². The number of rotatable bonds is 4. The second kappa shape index (κ2) is 5.61. The van der Waals surface area contributed by atoms with Crippen molar-refractivity contribution in [3.63, 3.8) is 0 Å². The standard InChI is InChI=1S/C9H16/c1-4-5-6-7-8-9(2)3/h7-8H,2,4-6H2,1,3H3/b8-7+. The minimum Gasteiger partial charge on any atom is -0.0961 e. The first-order chi connectivity index (χ1) is 4.27. The minimum absolute atomic E-state index is 1.14. The van der Waals surface area contributed by atoms with Crippen LogP contribution in [0, 0.1) is 0 Å². The van der Waals surface area contributed by atoms with Crippen molar-refractivity contribution in [2.24, 2.45) is 0 Å². The van der Waals surface area contributed by atoms with Crippen molar-refractivity contribution in [1.29, 1.82) is 0 Å². The lowest BCUT2D eigenvalue weighted by atomic mass is 10.2. The smallest absolute Gasteiger partial charge is 0.0348 e. The lowest BCUT2D eigenvalue weighted by Crippen LogP contribution is -1.67. The minimum atomic E-state index is 1.14. The molecule has 0 aromatic rings. The fourth-order valence-electron chi connectivity index (χ4n) is 0.606. The summed E-state index contributed by atoms with van der Waals surface area (Å²) in [5, 5.41) is 0. The van der Waals surface area contributed by atoms with E-state index in [1.807, 2.05) is 6.92 Å². The number of hydrogen-bond donors (Lipinski definition) is 0. The Kier molecular flexibility index (Phi) is 5.29. The molecule has 0 N–H and O–H groups in total. The SMILES string of the molecule is C=C(C)/C=C/CCCC. The molecule has 0 aliphatic rings. The van der Waals surface area contributed by atoms with Crippen molar-refractivity contribution >= 4 is 0 Å². The van der Waals surface area contributed by atoms with Crippen molar-refractivity contribution in [2.45, 2.75) is 33.1 Å². The van der Waals surface area contributed by atoms with Crippen LogP contribution in [0.2, 0.25) is 0 Å². The summed E-state index contributed by atoms with van der Waals surface area (Å²) in [7, 11) is 0. The molecule has 0 amide bonds. The molecule has 0 atom stereocenters. The Labute approximate surface area is 58.3 Å². The average Bonchev–Trinajstić information content (AvgIpc) is 1.80. The molecule has 0 fully saturated rings. The van der Waals surface area contributed by atoms with Gasteiger partial charge in [-0.15, -0.1) is 0 Å². The van der Waals surface area contributed by atoms with Crippen LogP contribution in [-0.4, -0.2) is 0 Å². The van der Waals surface area contributed by atoms with Crippen LogP contribution in [0.1, 0.15) is 33.1 Å². The first-order valence-corrected chi connectivity index (χ1v) is 3.59. The molecule has 0 aromatic carbocycles. The molecule has 0 bridgehead atoms. The van der Waals surface area contributed by atoms with Gasteiger partial charge in [-0.2, -0.15) is 0 Å². The molecule has 0 saturated carbocycles. The number of allylic oxidation sites excluding steroid dienone is 3. The fourth-order valence-corrected chi connectivity index (χ4v) is 0.606. The highest BCUT2D eigenvalue weighted by molar-refractivity contribution is 5.10. The van der Waals surface area contributed by atoms with E-state index in [9.17, 15) is 0 Å². The van der Waals surface area contributed by atoms with Gasteiger partial charge in [-0.25, -0.2) is 0 Å². The third-order valence-corrected chi connectivity index (χ3v) is 1.13. The third kappa shape index (κ3) is 7.48. The quantitative estimate of drug-likeness (QED) is 0.398. The zero-order chi connectivity index (χ0) is 7.11. The molecule has 0 aromatic heterocycles. The maximum absolute atomic E-state index is 3.77. The summed E-state index contributed by atoms with van der Waals surface area (Å²) in [5.74, 6) is 0. The zero-order valence-corrected chi connectivity index (χ0v) is 6.48. The summed E-state index contributed by atoms with van der Waals surface area (Å²) in [6, 6.07) is 0. The van der Waals surface area contributed by atoms with Gasteiger partial charge in [0.1, 0.15) is 0 Å². The van der Waals surface area contributed by atoms with E-state index in [2.05, 4.69) is 25.7 Å². The third-order valence-electron chi connectivity index (χ3n) is 1.13. The highest BCUT2D eigenvalue weighted by Crippen LogP contribution is 1.97. The van der Waals surface area contributed by atoms with Gasteiger partial charge in [-0.1, -0.05) is 44.1 Å². The molecular weight excluding hydrogens is 108 g/mol. The predicted molar refractivity (Wildman–Crippen MR) is 43.5 cm³/mol. The molecule has 0 aliphatic carbocycles. The van der Waals surface area contributed by atoms with Crippen LogP contribution in [0.3, 0.4) is 0 Å². The molecule has 0 spiro atoms. The van der Waals surface area contributed by atoms with Gasteiger partial charge < -0.3 is 0 Å². The van der Waals surface area contributed by atoms with Crippen molar-refractivity contribution < 1.29 is 0 Å². The van der Waals surface area contributed by atoms with Gasteiger partial charge in [-0.3, -0.25) is 0 Å². The van der Waals surface area contributed by atoms with E-state index in [1.54, 1.807) is 0 Å². The molecule has 0 heterocycles. The second-order valence-corrected chi connectivity index (χ2v) is 2.39. The summed E-state index contributed by atoms with van der Waals surface area (Å²) in [5.41, 5.74) is 1.14. The molecular formula is C9H16. The zero-order valence-electron chi connectivity index (χ0n) is 6.48. The molecule has 0 heteroatoms. The molecule has 0 saturated heterocycles. The first kappa shape index (κ1) is 8.48. The average molecular weight is 124 g/mol. The predicted octanol–water partition coefficient (Wildman–Crippen LogP) is 3.31. The molecule has 52 valence electrons. The van der Waals surface area contributed by atoms with E-state index in [0.29, 0.717) is 0 Å². The Morgan fingerprint density at radius 3 is 2.67 bits per heavy atom. The second-order valence-electron chi connectivity index (χ2n) is 2.39. The first-order valence-electron chi connectivity index (χ1n) is 3.59. The van der Waals surface area contributed by atoms with Crippen LogP contribution < -0.4 is 0 Å². The van der Waals surface area contributed by atoms with Gasteiger partial charge in [0.25, 0.3) is 0 Å². The summed E-state index contributed by atoms with van der Waals surface area (Å²) < 4.78 is 0. The Morgan fingerprint density at radius 1 is 1.56 bits per heavy atom. The van der Waals surface area contributed by atoms with Crippen LogP contribution in [0.25, 0.3) is 0 Å². The molecule has 0 nitrogen and oxygen atoms in total. The summed E-state index contributed by atoms with van der Waals surface area (Å²) in [4.78, 5) is 0. The largest absolute Gasteiger partial charge is 0.0961 e. The Bertz CT molecular complexity index is 98.6. The normalized spacial score (nSPS) is 10.4. The van der Waals surface area contributed by atoms with Crippen LogP contribution in [-0.2, 0) is 0 Å². The van der Waals surface area contributed by atoms with Crippen molar-refractivity contribution in [1.82, 2.24) is 0 Å². The molecule has 0 rings (SSSR count). The highest BCUT2D eigenvalue weighted by atomic mass is 13.8. The van der Waals surface area contributed by atoms with E-state index in [0.717, 1.165) is 5.57 Å². The van der Waals surface area contributed by atoms with Gasteiger partial charge >= 0.3 is 0 Å². The van der Waals surface area contributed by atoms with Crippen LogP contribution in [0.5, 0.6) is 0 Å². The summed E-state index contributed by atoms with van der Waals surface area (Å²) in [6.07, 6.45) is 8.04. The van der Waals surface area contributed by atoms with E-state index < -0.39 is 0 Å². The summed E-state index contributed by atoms with van der Waals surface area (Å²) in [6.45, 7) is 7.99. The van der Waals surface area contributed by atoms with Gasteiger partial charge in [-0.05, 0) is 13.3 Å². The Morgan fingerprint density at radius 2 is 2.22 bits per heavy atom. The van der Waals surface area contributed by atoms with Crippen LogP contribution in [0.15, 0.2) is 24.3 Å². The topological polar surface area (TPSA) is 0 Å². The number of unbranched alkanes of at least 4 members (excludes halogenated alkanes) is 2. The maximum Gasteiger partial charge on any atom is -0.0348 e. The molecule has 0 unspecified atom stereocenters. The van der Waals surface area contributed by atoms with Crippen LogP contribution in [0.4, 0.5) is 0 Å². The monoisotopic (exact) mass is 124 g/mol. The van der Waals surface area contributed by atoms with E-state index in [4.69, 9.17) is 0 Å². The van der Waals surface area contributed by atoms with E-state index in [-0.39, 0.29) is 0 Å². The lowest BCUT2D eigenvalue weighted by Gasteiger charge is -1.87. The van der Waals surface area contributed by atoms with Crippen molar-refractivity contribution in [3.05, 3.63) is 24.3 Å². The van der Waals surface area contributed by atoms with Gasteiger partial charge in [0.2, 0.25) is 0 Å². The fraction of sp³-hybridized carbons (Fsp3) is 0.556. The number of hydrogen-bond acceptors (Lipinski definition) is 0. The lowest BCUT2D eigenvalue weighted by molar-refractivity contribution is 0.814. The Hall–Kier alpha value is -0.520. The van der Waals surface area contributed by atoms with E-state index >= 15 is 0 Å². The molecule has 0 aliphatic heterocycles. The van der Waals surface area contributed by atoms with Gasteiger partial charge in [0, 0.05) is 0 Å². The van der Waals surface area contributed by atoms with Crippen LogP contribution >= 0.6 is 0 Å².